The largest absolute Gasteiger partial charge is 0.491 e. The lowest BCUT2D eigenvalue weighted by Crippen LogP contribution is -2.55. The molecule has 1 atom stereocenters. The van der Waals surface area contributed by atoms with E-state index in [0.29, 0.717) is 30.2 Å². The second kappa shape index (κ2) is 12.0. The van der Waals surface area contributed by atoms with Crippen molar-refractivity contribution in [3.8, 4) is 5.75 Å². The van der Waals surface area contributed by atoms with E-state index in [-0.39, 0.29) is 18.2 Å². The number of hydrogen-bond acceptors (Lipinski definition) is 4. The number of aliphatic hydroxyl groups is 2. The van der Waals surface area contributed by atoms with Crippen LogP contribution < -0.4 is 4.74 Å². The highest BCUT2D eigenvalue weighted by Gasteiger charge is 2.68. The van der Waals surface area contributed by atoms with Crippen LogP contribution in [0.4, 0.5) is 26.3 Å². The third-order valence-electron chi connectivity index (χ3n) is 6.97. The smallest absolute Gasteiger partial charge is 0.430 e. The number of carboxylic acids is 1. The average Bonchev–Trinajstić information content (AvgIpc) is 2.82. The van der Waals surface area contributed by atoms with Gasteiger partial charge in [0.05, 0.1) is 12.5 Å². The minimum atomic E-state index is -5.95. The number of aliphatic carboxylic acids is 1. The molecule has 0 heterocycles. The molecule has 0 radical (unpaired) electrons. The van der Waals surface area contributed by atoms with Crippen molar-refractivity contribution in [2.75, 3.05) is 6.61 Å². The molecular weight excluding hydrogens is 530 g/mol. The molecule has 3 N–H and O–H groups in total. The van der Waals surface area contributed by atoms with Gasteiger partial charge in [0.2, 0.25) is 0 Å². The number of ether oxygens (including phenoxy) is 1. The van der Waals surface area contributed by atoms with Crippen LogP contribution >= 0.6 is 0 Å². The molecular formula is C28H32F6O5. The van der Waals surface area contributed by atoms with Crippen LogP contribution in [0.1, 0.15) is 60.9 Å². The molecule has 0 spiro atoms. The van der Waals surface area contributed by atoms with Gasteiger partial charge in [0.25, 0.3) is 5.60 Å². The summed E-state index contributed by atoms with van der Waals surface area (Å²) < 4.78 is 83.8. The van der Waals surface area contributed by atoms with Crippen LogP contribution in [0.3, 0.4) is 0 Å². The summed E-state index contributed by atoms with van der Waals surface area (Å²) in [5, 5.41) is 27.9. The van der Waals surface area contributed by atoms with E-state index in [2.05, 4.69) is 0 Å². The maximum absolute atomic E-state index is 13.0. The molecule has 0 saturated carbocycles. The number of aliphatic hydroxyl groups excluding tert-OH is 1. The van der Waals surface area contributed by atoms with Crippen molar-refractivity contribution < 1.29 is 51.2 Å². The first-order valence-electron chi connectivity index (χ1n) is 12.2. The topological polar surface area (TPSA) is 87.0 Å². The molecule has 0 aliphatic rings. The molecule has 0 aliphatic heterocycles. The fourth-order valence-corrected chi connectivity index (χ4v) is 4.51. The zero-order valence-corrected chi connectivity index (χ0v) is 22.0. The lowest BCUT2D eigenvalue weighted by Gasteiger charge is -2.34. The normalized spacial score (nSPS) is 14.1. The highest BCUT2D eigenvalue weighted by molar-refractivity contribution is 5.67. The van der Waals surface area contributed by atoms with Gasteiger partial charge in [-0.2, -0.15) is 26.3 Å². The molecule has 2 rings (SSSR count). The Hall–Kier alpha value is -3.05. The summed E-state index contributed by atoms with van der Waals surface area (Å²) >= 11 is 0. The van der Waals surface area contributed by atoms with Crippen LogP contribution in [-0.2, 0) is 10.2 Å². The van der Waals surface area contributed by atoms with Crippen molar-refractivity contribution in [1.82, 2.24) is 0 Å². The Kier molecular flexibility index (Phi) is 9.89. The van der Waals surface area contributed by atoms with Crippen LogP contribution in [0, 0.1) is 13.8 Å². The summed E-state index contributed by atoms with van der Waals surface area (Å²) in [4.78, 5) is 10.7. The number of alkyl halides is 6. The molecule has 0 fully saturated rings. The molecule has 0 aromatic heterocycles. The number of benzene rings is 2. The first-order chi connectivity index (χ1) is 17.9. The summed E-state index contributed by atoms with van der Waals surface area (Å²) in [7, 11) is 0. The molecule has 2 aromatic carbocycles. The number of hydrogen-bond donors (Lipinski definition) is 3. The Balaban J connectivity index is 2.42. The molecule has 0 aliphatic carbocycles. The molecule has 1 unspecified atom stereocenters. The zero-order valence-electron chi connectivity index (χ0n) is 22.0. The van der Waals surface area contributed by atoms with E-state index in [9.17, 15) is 41.4 Å². The van der Waals surface area contributed by atoms with Gasteiger partial charge in [-0.25, -0.2) is 0 Å². The van der Waals surface area contributed by atoms with E-state index in [0.717, 1.165) is 16.7 Å². The van der Waals surface area contributed by atoms with Crippen LogP contribution in [0.25, 0.3) is 6.08 Å². The van der Waals surface area contributed by atoms with Gasteiger partial charge < -0.3 is 20.1 Å². The maximum Gasteiger partial charge on any atom is 0.430 e. The van der Waals surface area contributed by atoms with Crippen LogP contribution in [-0.4, -0.2) is 52.0 Å². The summed E-state index contributed by atoms with van der Waals surface area (Å²) in [6.45, 7) is 7.07. The number of carbonyl (C=O) groups is 1. The van der Waals surface area contributed by atoms with Gasteiger partial charge in [-0.1, -0.05) is 50.3 Å². The van der Waals surface area contributed by atoms with Gasteiger partial charge in [-0.15, -0.1) is 0 Å². The van der Waals surface area contributed by atoms with E-state index < -0.39 is 41.9 Å². The molecule has 216 valence electrons. The summed E-state index contributed by atoms with van der Waals surface area (Å²) in [6, 6.07) is 10.2. The predicted octanol–water partition coefficient (Wildman–Crippen LogP) is 6.49. The predicted molar refractivity (Wildman–Crippen MR) is 134 cm³/mol. The first-order valence-corrected chi connectivity index (χ1v) is 12.2. The number of halogens is 6. The fraction of sp³-hybridized carbons (Fsp3) is 0.464. The summed E-state index contributed by atoms with van der Waals surface area (Å²) in [5.41, 5.74) is -2.58. The minimum absolute atomic E-state index is 0.0895. The lowest BCUT2D eigenvalue weighted by molar-refractivity contribution is -0.347. The van der Waals surface area contributed by atoms with E-state index in [1.54, 1.807) is 32.0 Å². The SMILES string of the molecule is CCC(CC)(c1ccc(C=CC(O)(C(F)(F)F)C(F)(F)F)c(C)c1)c1ccc(OCC(O)CC(=O)O)c(C)c1. The van der Waals surface area contributed by atoms with Crippen molar-refractivity contribution >= 4 is 12.0 Å². The monoisotopic (exact) mass is 562 g/mol. The van der Waals surface area contributed by atoms with Gasteiger partial charge >= 0.3 is 18.3 Å². The zero-order chi connectivity index (χ0) is 29.8. The summed E-state index contributed by atoms with van der Waals surface area (Å²) in [5.74, 6) is -0.690. The number of carboxylic acid groups (broad SMARTS) is 1. The standard InChI is InChI=1S/C28H32F6O5/c1-5-25(6-2,21-9-10-23(18(4)14-21)39-16-22(35)15-24(36)37)20-8-7-19(17(3)13-20)11-12-26(38,27(29,30)31)28(32,33)34/h7-14,22,35,38H,5-6,15-16H2,1-4H3,(H,36,37). The van der Waals surface area contributed by atoms with Crippen LogP contribution in [0.2, 0.25) is 0 Å². The first kappa shape index (κ1) is 32.2. The van der Waals surface area contributed by atoms with Gasteiger partial charge in [-0.3, -0.25) is 4.79 Å². The van der Waals surface area contributed by atoms with Crippen molar-refractivity contribution in [3.05, 3.63) is 70.3 Å². The highest BCUT2D eigenvalue weighted by atomic mass is 19.4. The van der Waals surface area contributed by atoms with Gasteiger partial charge in [0.15, 0.2) is 0 Å². The fourth-order valence-electron chi connectivity index (χ4n) is 4.51. The van der Waals surface area contributed by atoms with E-state index >= 15 is 0 Å². The Morgan fingerprint density at radius 2 is 1.44 bits per heavy atom. The average molecular weight is 563 g/mol. The Morgan fingerprint density at radius 1 is 0.923 bits per heavy atom. The van der Waals surface area contributed by atoms with Crippen molar-refractivity contribution in [2.45, 2.75) is 76.4 Å². The number of aryl methyl sites for hydroxylation is 2. The quantitative estimate of drug-likeness (QED) is 0.273. The molecule has 11 heteroatoms. The van der Waals surface area contributed by atoms with Gasteiger partial charge in [0.1, 0.15) is 12.4 Å². The molecule has 0 saturated heterocycles. The van der Waals surface area contributed by atoms with Gasteiger partial charge in [0, 0.05) is 5.41 Å². The third-order valence-corrected chi connectivity index (χ3v) is 6.97. The second-order valence-electron chi connectivity index (χ2n) is 9.50. The van der Waals surface area contributed by atoms with E-state index in [1.165, 1.54) is 6.07 Å². The number of rotatable bonds is 11. The van der Waals surface area contributed by atoms with Crippen molar-refractivity contribution in [2.24, 2.45) is 0 Å². The van der Waals surface area contributed by atoms with Crippen LogP contribution in [0.15, 0.2) is 42.5 Å². The molecule has 0 amide bonds. The van der Waals surface area contributed by atoms with E-state index in [1.807, 2.05) is 26.0 Å². The Bertz CT molecular complexity index is 1170. The van der Waals surface area contributed by atoms with E-state index in [4.69, 9.17) is 9.84 Å². The third kappa shape index (κ3) is 6.94. The second-order valence-corrected chi connectivity index (χ2v) is 9.50. The molecule has 39 heavy (non-hydrogen) atoms. The Morgan fingerprint density at radius 3 is 1.87 bits per heavy atom. The summed E-state index contributed by atoms with van der Waals surface area (Å²) in [6.07, 6.45) is -11.9. The van der Waals surface area contributed by atoms with Crippen molar-refractivity contribution in [1.29, 1.82) is 0 Å². The Labute approximate surface area is 222 Å². The molecule has 0 bridgehead atoms. The molecule has 2 aromatic rings. The highest BCUT2D eigenvalue weighted by Crippen LogP contribution is 2.45. The van der Waals surface area contributed by atoms with Crippen molar-refractivity contribution in [3.63, 3.8) is 0 Å². The van der Waals surface area contributed by atoms with Gasteiger partial charge in [-0.05, 0) is 66.6 Å². The maximum atomic E-state index is 13.0. The minimum Gasteiger partial charge on any atom is -0.491 e. The lowest BCUT2D eigenvalue weighted by atomic mass is 9.70. The van der Waals surface area contributed by atoms with Crippen LogP contribution in [0.5, 0.6) is 5.75 Å². The molecule has 5 nitrogen and oxygen atoms in total.